The average molecular weight is 423 g/mol. The van der Waals surface area contributed by atoms with Crippen LogP contribution in [0.1, 0.15) is 118 Å². The molecule has 2 saturated carbocycles. The fourth-order valence-electron chi connectivity index (χ4n) is 8.11. The smallest absolute Gasteiger partial charge is 0.0176 e. The summed E-state index contributed by atoms with van der Waals surface area (Å²) in [6.45, 7) is 10.2. The molecule has 0 aromatic heterocycles. The molecule has 2 heterocycles. The molecule has 2 unspecified atom stereocenters. The van der Waals surface area contributed by atoms with Crippen molar-refractivity contribution in [1.82, 2.24) is 0 Å². The van der Waals surface area contributed by atoms with Crippen LogP contribution in [-0.4, -0.2) is 34.0 Å². The van der Waals surface area contributed by atoms with Gasteiger partial charge in [0.25, 0.3) is 0 Å². The molecule has 4 fully saturated rings. The standard InChI is InChI=1S/C26H48P2/c1-5-21-14-15-22(6-2)27(21)25-13-12-20(18-25)19(4)26-17-16-23(7-3)28(26)24-10-8-9-11-24/h19-26H,5-18H2,1-4H3/t19?,20-,21+,22+,23+,25+,26-,28?/m0/s1. The van der Waals surface area contributed by atoms with Gasteiger partial charge in [-0.2, -0.15) is 0 Å². The normalized spacial score (nSPS) is 43.9. The third kappa shape index (κ3) is 4.27. The van der Waals surface area contributed by atoms with Crippen LogP contribution in [0.25, 0.3) is 0 Å². The van der Waals surface area contributed by atoms with Gasteiger partial charge >= 0.3 is 0 Å². The van der Waals surface area contributed by atoms with Crippen molar-refractivity contribution < 1.29 is 0 Å². The quantitative estimate of drug-likeness (QED) is 0.359. The van der Waals surface area contributed by atoms with Crippen LogP contribution in [0, 0.1) is 11.8 Å². The highest BCUT2D eigenvalue weighted by molar-refractivity contribution is 7.60. The van der Waals surface area contributed by atoms with Gasteiger partial charge in [-0.3, -0.25) is 0 Å². The third-order valence-corrected chi connectivity index (χ3v) is 18.2. The second-order valence-corrected chi connectivity index (χ2v) is 16.9. The Labute approximate surface area is 179 Å². The van der Waals surface area contributed by atoms with Gasteiger partial charge in [0, 0.05) is 0 Å². The van der Waals surface area contributed by atoms with E-state index >= 15 is 0 Å². The molecular weight excluding hydrogens is 374 g/mol. The van der Waals surface area contributed by atoms with Crippen molar-refractivity contribution in [2.45, 2.75) is 152 Å². The fraction of sp³-hybridized carbons (Fsp3) is 1.00. The zero-order valence-electron chi connectivity index (χ0n) is 19.4. The van der Waals surface area contributed by atoms with Crippen LogP contribution in [0.4, 0.5) is 0 Å². The Morgan fingerprint density at radius 3 is 1.82 bits per heavy atom. The zero-order valence-corrected chi connectivity index (χ0v) is 21.2. The maximum absolute atomic E-state index is 2.73. The molecule has 0 bridgehead atoms. The minimum atomic E-state index is 0.328. The minimum Gasteiger partial charge on any atom is -0.0972 e. The first-order chi connectivity index (χ1) is 13.7. The van der Waals surface area contributed by atoms with Gasteiger partial charge in [0.1, 0.15) is 0 Å². The van der Waals surface area contributed by atoms with Gasteiger partial charge in [-0.15, -0.1) is 0 Å². The highest BCUT2D eigenvalue weighted by Crippen LogP contribution is 2.68. The van der Waals surface area contributed by atoms with Crippen molar-refractivity contribution in [2.24, 2.45) is 11.8 Å². The first kappa shape index (κ1) is 22.1. The lowest BCUT2D eigenvalue weighted by molar-refractivity contribution is 0.348. The summed E-state index contributed by atoms with van der Waals surface area (Å²) >= 11 is 0. The van der Waals surface area contributed by atoms with Crippen LogP contribution >= 0.6 is 15.8 Å². The average Bonchev–Trinajstić information content (AvgIpc) is 3.51. The van der Waals surface area contributed by atoms with Gasteiger partial charge < -0.3 is 0 Å². The summed E-state index contributed by atoms with van der Waals surface area (Å²) in [7, 11) is 0.665. The van der Waals surface area contributed by atoms with Crippen LogP contribution in [0.3, 0.4) is 0 Å². The fourth-order valence-corrected chi connectivity index (χ4v) is 17.3. The first-order valence-electron chi connectivity index (χ1n) is 13.2. The van der Waals surface area contributed by atoms with Crippen molar-refractivity contribution in [2.75, 3.05) is 0 Å². The van der Waals surface area contributed by atoms with E-state index in [9.17, 15) is 0 Å². The number of hydrogen-bond donors (Lipinski definition) is 0. The van der Waals surface area contributed by atoms with Gasteiger partial charge in [-0.1, -0.05) is 56.4 Å². The Hall–Kier alpha value is 0.860. The first-order valence-corrected chi connectivity index (χ1v) is 16.3. The Morgan fingerprint density at radius 2 is 1.21 bits per heavy atom. The summed E-state index contributed by atoms with van der Waals surface area (Å²) in [6.07, 6.45) is 21.9. The van der Waals surface area contributed by atoms with E-state index < -0.39 is 0 Å². The second kappa shape index (κ2) is 9.99. The molecule has 8 atom stereocenters. The second-order valence-electron chi connectivity index (χ2n) is 10.8. The molecule has 0 aromatic rings. The number of hydrogen-bond acceptors (Lipinski definition) is 0. The zero-order chi connectivity index (χ0) is 19.7. The maximum Gasteiger partial charge on any atom is -0.0176 e. The van der Waals surface area contributed by atoms with Crippen molar-refractivity contribution in [3.8, 4) is 0 Å². The van der Waals surface area contributed by atoms with E-state index in [2.05, 4.69) is 27.7 Å². The van der Waals surface area contributed by atoms with E-state index in [1.165, 1.54) is 24.9 Å². The van der Waals surface area contributed by atoms with Crippen molar-refractivity contribution in [1.29, 1.82) is 0 Å². The summed E-state index contributed by atoms with van der Waals surface area (Å²) in [4.78, 5) is 0. The van der Waals surface area contributed by atoms with Gasteiger partial charge in [-0.25, -0.2) is 0 Å². The molecule has 2 aliphatic heterocycles. The van der Waals surface area contributed by atoms with Crippen LogP contribution in [0.2, 0.25) is 0 Å². The lowest BCUT2D eigenvalue weighted by atomic mass is 9.88. The molecule has 0 spiro atoms. The number of rotatable bonds is 7. The van der Waals surface area contributed by atoms with Crippen molar-refractivity contribution >= 4 is 15.8 Å². The molecule has 2 saturated heterocycles. The molecule has 0 N–H and O–H groups in total. The van der Waals surface area contributed by atoms with E-state index in [0.717, 1.165) is 40.1 Å². The Kier molecular flexibility index (Phi) is 7.87. The molecule has 162 valence electrons. The molecule has 0 aromatic carbocycles. The van der Waals surface area contributed by atoms with Crippen molar-refractivity contribution in [3.05, 3.63) is 0 Å². The summed E-state index contributed by atoms with van der Waals surface area (Å²) in [5, 5.41) is 0. The van der Waals surface area contributed by atoms with Gasteiger partial charge in [0.15, 0.2) is 0 Å². The van der Waals surface area contributed by atoms with E-state index in [1.54, 1.807) is 70.6 Å². The minimum absolute atomic E-state index is 0.328. The predicted octanol–water partition coefficient (Wildman–Crippen LogP) is 8.99. The summed E-state index contributed by atoms with van der Waals surface area (Å²) < 4.78 is 0. The molecule has 2 aliphatic carbocycles. The van der Waals surface area contributed by atoms with Gasteiger partial charge in [0.05, 0.1) is 0 Å². The van der Waals surface area contributed by atoms with Crippen LogP contribution in [-0.2, 0) is 0 Å². The highest BCUT2D eigenvalue weighted by atomic mass is 31.1. The Bertz CT molecular complexity index is 473. The van der Waals surface area contributed by atoms with Gasteiger partial charge in [0.2, 0.25) is 0 Å². The van der Waals surface area contributed by atoms with Gasteiger partial charge in [-0.05, 0) is 123 Å². The summed E-state index contributed by atoms with van der Waals surface area (Å²) in [6, 6.07) is 0. The SMILES string of the molecule is CC[C@@H]1CC[C@@H](C(C)[C@H]2CC[C@@H](P3[C@H](CC)CC[C@H]3CC)C2)P1C1CCCC1. The Balaban J connectivity index is 1.41. The predicted molar refractivity (Wildman–Crippen MR) is 131 cm³/mol. The lowest BCUT2D eigenvalue weighted by Gasteiger charge is -2.37. The van der Waals surface area contributed by atoms with E-state index in [1.807, 2.05) is 0 Å². The van der Waals surface area contributed by atoms with E-state index in [4.69, 9.17) is 0 Å². The van der Waals surface area contributed by atoms with Crippen LogP contribution in [0.5, 0.6) is 0 Å². The molecule has 4 aliphatic rings. The van der Waals surface area contributed by atoms with E-state index in [-0.39, 0.29) is 0 Å². The molecule has 28 heavy (non-hydrogen) atoms. The molecule has 0 nitrogen and oxygen atoms in total. The largest absolute Gasteiger partial charge is 0.0972 e. The summed E-state index contributed by atoms with van der Waals surface area (Å²) in [5.74, 6) is 2.14. The monoisotopic (exact) mass is 422 g/mol. The molecule has 0 radical (unpaired) electrons. The molecule has 2 heteroatoms. The third-order valence-electron chi connectivity index (χ3n) is 9.65. The molecule has 0 amide bonds. The lowest BCUT2D eigenvalue weighted by Crippen LogP contribution is -2.25. The maximum atomic E-state index is 2.73. The summed E-state index contributed by atoms with van der Waals surface area (Å²) in [5.41, 5.74) is 6.86. The van der Waals surface area contributed by atoms with Crippen LogP contribution < -0.4 is 0 Å². The van der Waals surface area contributed by atoms with Crippen molar-refractivity contribution in [3.63, 3.8) is 0 Å². The van der Waals surface area contributed by atoms with Crippen LogP contribution in [0.15, 0.2) is 0 Å². The topological polar surface area (TPSA) is 0 Å². The van der Waals surface area contributed by atoms with E-state index in [0.29, 0.717) is 15.8 Å². The molecule has 4 rings (SSSR count). The highest BCUT2D eigenvalue weighted by Gasteiger charge is 2.47. The Morgan fingerprint density at radius 1 is 0.643 bits per heavy atom. The molecular formula is C26H48P2.